The zero-order valence-electron chi connectivity index (χ0n) is 22.2. The van der Waals surface area contributed by atoms with Crippen LogP contribution >= 0.6 is 31.9 Å². The lowest BCUT2D eigenvalue weighted by atomic mass is 9.98. The van der Waals surface area contributed by atoms with Gasteiger partial charge >= 0.3 is 0 Å². The summed E-state index contributed by atoms with van der Waals surface area (Å²) in [7, 11) is 0. The van der Waals surface area contributed by atoms with Gasteiger partial charge < -0.3 is 0 Å². The van der Waals surface area contributed by atoms with Crippen LogP contribution in [0, 0.1) is 0 Å². The molecule has 6 rings (SSSR count). The average molecular weight is 646 g/mol. The second-order valence-electron chi connectivity index (χ2n) is 9.73. The first-order valence-electron chi connectivity index (χ1n) is 13.4. The Morgan fingerprint density at radius 3 is 0.825 bits per heavy atom. The van der Waals surface area contributed by atoms with Crippen molar-refractivity contribution in [3.05, 3.63) is 189 Å². The molecule has 0 aromatic heterocycles. The fraction of sp³-hybridized carbons (Fsp3) is 0.0526. The molecule has 0 saturated heterocycles. The summed E-state index contributed by atoms with van der Waals surface area (Å²) in [6.07, 6.45) is 1.95. The number of benzene rings is 6. The van der Waals surface area contributed by atoms with Crippen molar-refractivity contribution in [2.45, 2.75) is 12.8 Å². The van der Waals surface area contributed by atoms with Crippen LogP contribution in [0.15, 0.2) is 167 Å². The molecule has 0 nitrogen and oxygen atoms in total. The van der Waals surface area contributed by atoms with Crippen molar-refractivity contribution in [1.82, 2.24) is 0 Å². The SMILES string of the molecule is Brc1ccc(Cc2ccc(Br)cc2)cc1.c1ccc(-c2ccc(Cc3ccc(-c4ccccc4)cc3)cc2)cc1. The van der Waals surface area contributed by atoms with E-state index in [1.807, 2.05) is 0 Å². The highest BCUT2D eigenvalue weighted by Gasteiger charge is 2.01. The van der Waals surface area contributed by atoms with E-state index in [0.29, 0.717) is 0 Å². The van der Waals surface area contributed by atoms with Crippen molar-refractivity contribution >= 4 is 31.9 Å². The highest BCUT2D eigenvalue weighted by Crippen LogP contribution is 2.23. The van der Waals surface area contributed by atoms with Crippen LogP contribution in [-0.2, 0) is 12.8 Å². The van der Waals surface area contributed by atoms with Crippen LogP contribution in [0.1, 0.15) is 22.3 Å². The standard InChI is InChI=1S/C25H20.C13H10Br2/c1-3-7-22(8-4-1)24-15-11-20(12-16-24)19-21-13-17-25(18-14-21)23-9-5-2-6-10-23;14-12-5-1-10(2-6-12)9-11-3-7-13(15)8-4-11/h1-18H,19H2;1-8H,9H2. The second-order valence-corrected chi connectivity index (χ2v) is 11.6. The fourth-order valence-corrected chi connectivity index (χ4v) is 5.10. The Bertz CT molecular complexity index is 1460. The van der Waals surface area contributed by atoms with Gasteiger partial charge in [-0.05, 0) is 81.6 Å². The van der Waals surface area contributed by atoms with E-state index in [4.69, 9.17) is 0 Å². The maximum atomic E-state index is 3.43. The zero-order chi connectivity index (χ0) is 27.6. The molecule has 0 fully saturated rings. The van der Waals surface area contributed by atoms with Gasteiger partial charge in [0, 0.05) is 8.95 Å². The molecule has 40 heavy (non-hydrogen) atoms. The Balaban J connectivity index is 0.000000184. The first-order chi connectivity index (χ1) is 19.6. The minimum atomic E-state index is 0.962. The lowest BCUT2D eigenvalue weighted by molar-refractivity contribution is 1.19. The van der Waals surface area contributed by atoms with Crippen LogP contribution in [0.5, 0.6) is 0 Å². The topological polar surface area (TPSA) is 0 Å². The van der Waals surface area contributed by atoms with Crippen LogP contribution in [0.2, 0.25) is 0 Å². The molecule has 0 bridgehead atoms. The fourth-order valence-electron chi connectivity index (χ4n) is 4.57. The molecule has 0 spiro atoms. The Morgan fingerprint density at radius 1 is 0.275 bits per heavy atom. The lowest BCUT2D eigenvalue weighted by Gasteiger charge is -2.07. The summed E-state index contributed by atoms with van der Waals surface area (Å²) < 4.78 is 2.25. The Kier molecular flexibility index (Phi) is 9.79. The summed E-state index contributed by atoms with van der Waals surface area (Å²) in [5.41, 5.74) is 10.4. The van der Waals surface area contributed by atoms with Gasteiger partial charge in [0.05, 0.1) is 0 Å². The molecule has 0 aliphatic rings. The molecule has 6 aromatic carbocycles. The lowest BCUT2D eigenvalue weighted by Crippen LogP contribution is -1.88. The van der Waals surface area contributed by atoms with Gasteiger partial charge in [0.15, 0.2) is 0 Å². The first kappa shape index (κ1) is 27.8. The quantitative estimate of drug-likeness (QED) is 0.169. The van der Waals surface area contributed by atoms with Crippen LogP contribution in [0.3, 0.4) is 0 Å². The van der Waals surface area contributed by atoms with E-state index in [0.717, 1.165) is 21.8 Å². The predicted molar refractivity (Wildman–Crippen MR) is 178 cm³/mol. The van der Waals surface area contributed by atoms with Crippen molar-refractivity contribution in [2.24, 2.45) is 0 Å². The molecule has 2 heteroatoms. The maximum Gasteiger partial charge on any atom is 0.0175 e. The van der Waals surface area contributed by atoms with E-state index < -0.39 is 0 Å². The third-order valence-electron chi connectivity index (χ3n) is 6.77. The molecule has 0 aliphatic heterocycles. The minimum absolute atomic E-state index is 0.962. The number of hydrogen-bond donors (Lipinski definition) is 0. The van der Waals surface area contributed by atoms with Crippen molar-refractivity contribution in [2.75, 3.05) is 0 Å². The summed E-state index contributed by atoms with van der Waals surface area (Å²) >= 11 is 6.87. The second kappa shape index (κ2) is 14.1. The van der Waals surface area contributed by atoms with Crippen molar-refractivity contribution in [3.8, 4) is 22.3 Å². The summed E-state index contributed by atoms with van der Waals surface area (Å²) in [5, 5.41) is 0. The van der Waals surface area contributed by atoms with Gasteiger partial charge in [-0.3, -0.25) is 0 Å². The van der Waals surface area contributed by atoms with E-state index in [9.17, 15) is 0 Å². The normalized spacial score (nSPS) is 10.4. The summed E-state index contributed by atoms with van der Waals surface area (Å²) in [5.74, 6) is 0. The molecule has 0 heterocycles. The molecular weight excluding hydrogens is 616 g/mol. The third kappa shape index (κ3) is 8.14. The van der Waals surface area contributed by atoms with Crippen LogP contribution < -0.4 is 0 Å². The number of halogens is 2. The van der Waals surface area contributed by atoms with E-state index in [1.165, 1.54) is 44.5 Å². The smallest absolute Gasteiger partial charge is 0.0175 e. The van der Waals surface area contributed by atoms with E-state index in [2.05, 4.69) is 190 Å². The van der Waals surface area contributed by atoms with Gasteiger partial charge in [-0.25, -0.2) is 0 Å². The van der Waals surface area contributed by atoms with E-state index in [1.54, 1.807) is 0 Å². The molecule has 6 aromatic rings. The molecule has 0 atom stereocenters. The van der Waals surface area contributed by atoms with Gasteiger partial charge in [0.2, 0.25) is 0 Å². The Labute approximate surface area is 254 Å². The van der Waals surface area contributed by atoms with Gasteiger partial charge in [-0.1, -0.05) is 165 Å². The summed E-state index contributed by atoms with van der Waals surface area (Å²) in [4.78, 5) is 0. The molecule has 0 saturated carbocycles. The van der Waals surface area contributed by atoms with Gasteiger partial charge in [-0.2, -0.15) is 0 Å². The first-order valence-corrected chi connectivity index (χ1v) is 15.0. The molecule has 0 aliphatic carbocycles. The number of rotatable bonds is 6. The van der Waals surface area contributed by atoms with Gasteiger partial charge in [0.1, 0.15) is 0 Å². The van der Waals surface area contributed by atoms with Gasteiger partial charge in [0.25, 0.3) is 0 Å². The largest absolute Gasteiger partial charge is 0.0622 e. The van der Waals surface area contributed by atoms with Crippen LogP contribution in [0.4, 0.5) is 0 Å². The van der Waals surface area contributed by atoms with Crippen LogP contribution in [0.25, 0.3) is 22.3 Å². The van der Waals surface area contributed by atoms with Crippen molar-refractivity contribution in [3.63, 3.8) is 0 Å². The molecular formula is C38H30Br2. The van der Waals surface area contributed by atoms with Crippen molar-refractivity contribution in [1.29, 1.82) is 0 Å². The molecule has 0 N–H and O–H groups in total. The zero-order valence-corrected chi connectivity index (χ0v) is 25.4. The van der Waals surface area contributed by atoms with Crippen molar-refractivity contribution < 1.29 is 0 Å². The maximum absolute atomic E-state index is 3.43. The van der Waals surface area contributed by atoms with Gasteiger partial charge in [-0.15, -0.1) is 0 Å². The van der Waals surface area contributed by atoms with E-state index in [-0.39, 0.29) is 0 Å². The van der Waals surface area contributed by atoms with E-state index >= 15 is 0 Å². The highest BCUT2D eigenvalue weighted by molar-refractivity contribution is 9.10. The molecule has 0 amide bonds. The highest BCUT2D eigenvalue weighted by atomic mass is 79.9. The summed E-state index contributed by atoms with van der Waals surface area (Å²) in [6, 6.07) is 55.7. The molecule has 0 radical (unpaired) electrons. The Hall–Kier alpha value is -3.72. The number of hydrogen-bond acceptors (Lipinski definition) is 0. The minimum Gasteiger partial charge on any atom is -0.0622 e. The Morgan fingerprint density at radius 2 is 0.525 bits per heavy atom. The van der Waals surface area contributed by atoms with Crippen LogP contribution in [-0.4, -0.2) is 0 Å². The molecule has 0 unspecified atom stereocenters. The predicted octanol–water partition coefficient (Wildman–Crippen LogP) is 11.4. The third-order valence-corrected chi connectivity index (χ3v) is 7.82. The average Bonchev–Trinajstić information content (AvgIpc) is 3.01. The molecule has 196 valence electrons. The summed E-state index contributed by atoms with van der Waals surface area (Å²) in [6.45, 7) is 0. The monoisotopic (exact) mass is 644 g/mol.